The maximum absolute atomic E-state index is 12.9. The number of nitrogens with zero attached hydrogens (tertiary/aromatic N) is 2. The molecule has 2 heterocycles. The van der Waals surface area contributed by atoms with E-state index >= 15 is 0 Å². The fourth-order valence-corrected chi connectivity index (χ4v) is 4.23. The minimum absolute atomic E-state index is 0.00952. The summed E-state index contributed by atoms with van der Waals surface area (Å²) >= 11 is 0. The largest absolute Gasteiger partial charge is 0.378 e. The van der Waals surface area contributed by atoms with Gasteiger partial charge in [0.1, 0.15) is 5.69 Å². The number of hydrogen-bond donors (Lipinski definition) is 1. The van der Waals surface area contributed by atoms with Crippen LogP contribution in [0.4, 0.5) is 0 Å². The van der Waals surface area contributed by atoms with Crippen molar-refractivity contribution in [1.82, 2.24) is 9.88 Å². The highest BCUT2D eigenvalue weighted by molar-refractivity contribution is 5.99. The molecule has 3 aromatic rings. The van der Waals surface area contributed by atoms with Crippen molar-refractivity contribution in [3.05, 3.63) is 77.0 Å². The summed E-state index contributed by atoms with van der Waals surface area (Å²) in [7, 11) is 0. The zero-order chi connectivity index (χ0) is 20.7. The van der Waals surface area contributed by atoms with Crippen LogP contribution >= 0.6 is 0 Å². The van der Waals surface area contributed by atoms with E-state index in [0.29, 0.717) is 49.7 Å². The van der Waals surface area contributed by atoms with Gasteiger partial charge >= 0.3 is 0 Å². The summed E-state index contributed by atoms with van der Waals surface area (Å²) in [5, 5.41) is 0. The molecule has 5 rings (SSSR count). The lowest BCUT2D eigenvalue weighted by molar-refractivity contribution is 0.0303. The van der Waals surface area contributed by atoms with Gasteiger partial charge < -0.3 is 15.4 Å². The van der Waals surface area contributed by atoms with Gasteiger partial charge in [-0.1, -0.05) is 36.4 Å². The van der Waals surface area contributed by atoms with Gasteiger partial charge in [0, 0.05) is 30.6 Å². The topological polar surface area (TPSA) is 85.5 Å². The average molecular weight is 399 g/mol. The first-order valence-electron chi connectivity index (χ1n) is 10.0. The first kappa shape index (κ1) is 18.5. The van der Waals surface area contributed by atoms with Crippen molar-refractivity contribution in [1.29, 1.82) is 0 Å². The Bertz CT molecular complexity index is 1150. The van der Waals surface area contributed by atoms with Crippen LogP contribution in [0.15, 0.2) is 54.6 Å². The van der Waals surface area contributed by atoms with Crippen molar-refractivity contribution in [2.75, 3.05) is 26.3 Å². The summed E-state index contributed by atoms with van der Waals surface area (Å²) < 4.78 is 5.34. The first-order valence-corrected chi connectivity index (χ1v) is 10.0. The van der Waals surface area contributed by atoms with Gasteiger partial charge in [0.05, 0.1) is 18.9 Å². The molecule has 0 unspecified atom stereocenters. The van der Waals surface area contributed by atoms with Crippen molar-refractivity contribution < 1.29 is 14.3 Å². The molecule has 6 heteroatoms. The molecule has 0 radical (unpaired) electrons. The number of carbonyl (C=O) groups excluding carboxylic acids is 2. The van der Waals surface area contributed by atoms with E-state index in [1.54, 1.807) is 0 Å². The molecule has 1 fully saturated rings. The fourth-order valence-electron chi connectivity index (χ4n) is 4.23. The van der Waals surface area contributed by atoms with Gasteiger partial charge in [-0.25, -0.2) is 4.98 Å². The molecule has 2 N–H and O–H groups in total. The van der Waals surface area contributed by atoms with Gasteiger partial charge in [-0.3, -0.25) is 9.59 Å². The molecule has 1 aliphatic heterocycles. The van der Waals surface area contributed by atoms with E-state index in [-0.39, 0.29) is 5.91 Å². The highest BCUT2D eigenvalue weighted by Crippen LogP contribution is 2.40. The zero-order valence-corrected chi connectivity index (χ0v) is 16.4. The third-order valence-corrected chi connectivity index (χ3v) is 5.74. The molecule has 6 nitrogen and oxygen atoms in total. The van der Waals surface area contributed by atoms with Crippen LogP contribution in [-0.2, 0) is 11.2 Å². The molecule has 2 amide bonds. The van der Waals surface area contributed by atoms with Gasteiger partial charge in [-0.15, -0.1) is 0 Å². The third-order valence-electron chi connectivity index (χ3n) is 5.74. The number of pyridine rings is 1. The molecule has 30 heavy (non-hydrogen) atoms. The van der Waals surface area contributed by atoms with E-state index in [4.69, 9.17) is 10.5 Å². The monoisotopic (exact) mass is 399 g/mol. The second-order valence-corrected chi connectivity index (χ2v) is 7.57. The van der Waals surface area contributed by atoms with Crippen molar-refractivity contribution in [3.63, 3.8) is 0 Å². The van der Waals surface area contributed by atoms with Crippen LogP contribution in [0.1, 0.15) is 32.0 Å². The number of benzene rings is 2. The normalized spacial score (nSPS) is 14.9. The second-order valence-electron chi connectivity index (χ2n) is 7.57. The number of nitrogens with two attached hydrogens (primary N) is 1. The highest BCUT2D eigenvalue weighted by atomic mass is 16.5. The number of fused-ring (bicyclic) bond motifs is 3. The second kappa shape index (κ2) is 7.39. The minimum Gasteiger partial charge on any atom is -0.378 e. The lowest BCUT2D eigenvalue weighted by Crippen LogP contribution is -2.40. The number of amides is 2. The van der Waals surface area contributed by atoms with Crippen LogP contribution in [0.5, 0.6) is 0 Å². The lowest BCUT2D eigenvalue weighted by atomic mass is 10.0. The van der Waals surface area contributed by atoms with Gasteiger partial charge in [0.2, 0.25) is 0 Å². The molecular weight excluding hydrogens is 378 g/mol. The van der Waals surface area contributed by atoms with E-state index in [1.807, 2.05) is 59.5 Å². The summed E-state index contributed by atoms with van der Waals surface area (Å²) in [6.45, 7) is 2.34. The number of ether oxygens (including phenoxy) is 1. The highest BCUT2D eigenvalue weighted by Gasteiger charge is 2.27. The smallest absolute Gasteiger partial charge is 0.267 e. The van der Waals surface area contributed by atoms with E-state index < -0.39 is 5.91 Å². The number of primary amides is 1. The van der Waals surface area contributed by atoms with Gasteiger partial charge in [-0.05, 0) is 40.5 Å². The Morgan fingerprint density at radius 2 is 1.73 bits per heavy atom. The van der Waals surface area contributed by atoms with Crippen molar-refractivity contribution >= 4 is 11.8 Å². The summed E-state index contributed by atoms with van der Waals surface area (Å²) in [6.07, 6.45) is 0.537. The summed E-state index contributed by atoms with van der Waals surface area (Å²) in [6, 6.07) is 17.5. The molecule has 1 saturated heterocycles. The maximum Gasteiger partial charge on any atom is 0.267 e. The van der Waals surface area contributed by atoms with Crippen LogP contribution in [-0.4, -0.2) is 48.0 Å². The molecule has 2 aromatic carbocycles. The van der Waals surface area contributed by atoms with E-state index in [9.17, 15) is 9.59 Å². The van der Waals surface area contributed by atoms with Crippen LogP contribution < -0.4 is 5.73 Å². The number of morpholine rings is 1. The summed E-state index contributed by atoms with van der Waals surface area (Å²) in [5.74, 6) is -0.531. The molecule has 2 aliphatic rings. The lowest BCUT2D eigenvalue weighted by Gasteiger charge is -2.27. The van der Waals surface area contributed by atoms with Gasteiger partial charge in [0.15, 0.2) is 0 Å². The molecule has 0 bridgehead atoms. The van der Waals surface area contributed by atoms with Crippen molar-refractivity contribution in [2.24, 2.45) is 5.73 Å². The van der Waals surface area contributed by atoms with Gasteiger partial charge in [-0.2, -0.15) is 0 Å². The number of aromatic nitrogens is 1. The van der Waals surface area contributed by atoms with Crippen LogP contribution in [0.3, 0.4) is 0 Å². The Balaban J connectivity index is 1.56. The van der Waals surface area contributed by atoms with E-state index in [1.165, 1.54) is 0 Å². The molecule has 150 valence electrons. The van der Waals surface area contributed by atoms with Crippen molar-refractivity contribution in [3.8, 4) is 22.4 Å². The first-order chi connectivity index (χ1) is 14.6. The standard InChI is InChI=1S/C24H21N3O3/c25-23(28)22-20-13-17-12-16(24(29)27-8-10-30-11-9-27)6-7-18(17)19(20)14-21(26-22)15-4-2-1-3-5-15/h1-7,12,14H,8-11,13H2,(H2,25,28). The SMILES string of the molecule is NC(=O)c1nc(-c2ccccc2)cc2c1Cc1cc(C(=O)N3CCOCC3)ccc1-2. The predicted molar refractivity (Wildman–Crippen MR) is 113 cm³/mol. The zero-order valence-electron chi connectivity index (χ0n) is 16.4. The van der Waals surface area contributed by atoms with Crippen LogP contribution in [0.25, 0.3) is 22.4 Å². The van der Waals surface area contributed by atoms with Crippen LogP contribution in [0, 0.1) is 0 Å². The number of rotatable bonds is 3. The molecular formula is C24H21N3O3. The molecule has 1 aromatic heterocycles. The Kier molecular flexibility index (Phi) is 4.56. The quantitative estimate of drug-likeness (QED) is 0.574. The average Bonchev–Trinajstić information content (AvgIpc) is 3.16. The number of carbonyl (C=O) groups is 2. The molecule has 0 spiro atoms. The molecule has 1 aliphatic carbocycles. The Hall–Kier alpha value is -3.51. The Morgan fingerprint density at radius 1 is 0.967 bits per heavy atom. The molecule has 0 saturated carbocycles. The van der Waals surface area contributed by atoms with Gasteiger partial charge in [0.25, 0.3) is 11.8 Å². The van der Waals surface area contributed by atoms with Crippen molar-refractivity contribution in [2.45, 2.75) is 6.42 Å². The Morgan fingerprint density at radius 3 is 2.47 bits per heavy atom. The summed E-state index contributed by atoms with van der Waals surface area (Å²) in [5.41, 5.74) is 12.1. The third kappa shape index (κ3) is 3.15. The van der Waals surface area contributed by atoms with Crippen LogP contribution in [0.2, 0.25) is 0 Å². The number of hydrogen-bond acceptors (Lipinski definition) is 4. The fraction of sp³-hybridized carbons (Fsp3) is 0.208. The maximum atomic E-state index is 12.9. The minimum atomic E-state index is -0.540. The van der Waals surface area contributed by atoms with E-state index in [0.717, 1.165) is 27.8 Å². The van der Waals surface area contributed by atoms with E-state index in [2.05, 4.69) is 4.98 Å². The summed E-state index contributed by atoms with van der Waals surface area (Å²) in [4.78, 5) is 31.4. The Labute approximate surface area is 174 Å². The predicted octanol–water partition coefficient (Wildman–Crippen LogP) is 2.89. The molecule has 0 atom stereocenters.